The van der Waals surface area contributed by atoms with Crippen molar-refractivity contribution in [2.75, 3.05) is 5.32 Å². The van der Waals surface area contributed by atoms with Crippen molar-refractivity contribution in [1.82, 2.24) is 0 Å². The first kappa shape index (κ1) is 14.1. The second-order valence-electron chi connectivity index (χ2n) is 4.56. The molecule has 0 radical (unpaired) electrons. The predicted octanol–water partition coefficient (Wildman–Crippen LogP) is 4.43. The van der Waals surface area contributed by atoms with Crippen molar-refractivity contribution in [3.05, 3.63) is 28.8 Å². The van der Waals surface area contributed by atoms with Gasteiger partial charge in [-0.1, -0.05) is 11.6 Å². The Morgan fingerprint density at radius 3 is 2.59 bits per heavy atom. The molecule has 0 saturated carbocycles. The van der Waals surface area contributed by atoms with Crippen LogP contribution in [0.1, 0.15) is 26.3 Å². The Morgan fingerprint density at radius 2 is 2.06 bits per heavy atom. The fraction of sp³-hybridized carbons (Fsp3) is 0.417. The lowest BCUT2D eigenvalue weighted by Crippen LogP contribution is -2.27. The fourth-order valence-electron chi connectivity index (χ4n) is 1.21. The molecule has 1 rings (SSSR count). The predicted molar refractivity (Wildman–Crippen MR) is 70.9 cm³/mol. The normalized spacial score (nSPS) is 11.1. The van der Waals surface area contributed by atoms with Crippen molar-refractivity contribution < 1.29 is 9.53 Å². The summed E-state index contributed by atoms with van der Waals surface area (Å²) in [7, 11) is 0. The molecular formula is C12H15Cl2NO2. The maximum atomic E-state index is 11.6. The number of ether oxygens (including phenoxy) is 1. The number of amides is 1. The molecule has 1 aromatic rings. The number of halogens is 2. The van der Waals surface area contributed by atoms with Crippen LogP contribution in [0.4, 0.5) is 10.5 Å². The summed E-state index contributed by atoms with van der Waals surface area (Å²) in [6, 6.07) is 5.09. The van der Waals surface area contributed by atoms with Gasteiger partial charge in [0.25, 0.3) is 0 Å². The summed E-state index contributed by atoms with van der Waals surface area (Å²) in [6.45, 7) is 5.41. The molecule has 0 atom stereocenters. The highest BCUT2D eigenvalue weighted by Gasteiger charge is 2.17. The summed E-state index contributed by atoms with van der Waals surface area (Å²) < 4.78 is 5.15. The van der Waals surface area contributed by atoms with Gasteiger partial charge in [-0.3, -0.25) is 5.32 Å². The first-order valence-corrected chi connectivity index (χ1v) is 6.07. The van der Waals surface area contributed by atoms with Gasteiger partial charge in [0.05, 0.1) is 0 Å². The minimum absolute atomic E-state index is 0.270. The largest absolute Gasteiger partial charge is 0.444 e. The van der Waals surface area contributed by atoms with Gasteiger partial charge < -0.3 is 4.74 Å². The number of hydrogen-bond donors (Lipinski definition) is 1. The van der Waals surface area contributed by atoms with E-state index in [2.05, 4.69) is 5.32 Å². The number of benzene rings is 1. The lowest BCUT2D eigenvalue weighted by Gasteiger charge is -2.20. The highest BCUT2D eigenvalue weighted by atomic mass is 35.5. The molecule has 0 fully saturated rings. The molecule has 3 nitrogen and oxygen atoms in total. The van der Waals surface area contributed by atoms with Crippen molar-refractivity contribution in [2.24, 2.45) is 0 Å². The van der Waals surface area contributed by atoms with E-state index in [9.17, 15) is 4.79 Å². The van der Waals surface area contributed by atoms with Crippen LogP contribution in [0.25, 0.3) is 0 Å². The smallest absolute Gasteiger partial charge is 0.412 e. The van der Waals surface area contributed by atoms with Crippen LogP contribution in [-0.4, -0.2) is 11.7 Å². The van der Waals surface area contributed by atoms with Crippen LogP contribution in [0.15, 0.2) is 18.2 Å². The van der Waals surface area contributed by atoms with E-state index in [0.29, 0.717) is 10.7 Å². The van der Waals surface area contributed by atoms with Crippen molar-refractivity contribution in [3.63, 3.8) is 0 Å². The Morgan fingerprint density at radius 1 is 1.41 bits per heavy atom. The van der Waals surface area contributed by atoms with Gasteiger partial charge in [0.15, 0.2) is 0 Å². The van der Waals surface area contributed by atoms with Crippen LogP contribution in [0.5, 0.6) is 0 Å². The van der Waals surface area contributed by atoms with Gasteiger partial charge in [0.1, 0.15) is 5.60 Å². The van der Waals surface area contributed by atoms with E-state index in [1.807, 2.05) is 0 Å². The van der Waals surface area contributed by atoms with Crippen LogP contribution < -0.4 is 5.32 Å². The molecule has 1 aromatic carbocycles. The Balaban J connectivity index is 2.78. The third kappa shape index (κ3) is 4.84. The first-order valence-electron chi connectivity index (χ1n) is 5.16. The molecule has 0 aliphatic rings. The van der Waals surface area contributed by atoms with Crippen molar-refractivity contribution in [3.8, 4) is 0 Å². The zero-order valence-electron chi connectivity index (χ0n) is 10.0. The highest BCUT2D eigenvalue weighted by molar-refractivity contribution is 6.30. The third-order valence-electron chi connectivity index (χ3n) is 1.85. The maximum absolute atomic E-state index is 11.6. The van der Waals surface area contributed by atoms with E-state index in [-0.39, 0.29) is 5.88 Å². The number of rotatable bonds is 2. The van der Waals surface area contributed by atoms with Gasteiger partial charge in [0.2, 0.25) is 0 Å². The second-order valence-corrected chi connectivity index (χ2v) is 5.27. The molecular weight excluding hydrogens is 261 g/mol. The van der Waals surface area contributed by atoms with Gasteiger partial charge in [-0.15, -0.1) is 11.6 Å². The van der Waals surface area contributed by atoms with E-state index >= 15 is 0 Å². The molecule has 0 spiro atoms. The molecule has 1 amide bonds. The Bertz CT molecular complexity index is 413. The molecule has 0 heterocycles. The number of anilines is 1. The van der Waals surface area contributed by atoms with E-state index in [0.717, 1.165) is 5.56 Å². The van der Waals surface area contributed by atoms with Crippen LogP contribution in [0.3, 0.4) is 0 Å². The van der Waals surface area contributed by atoms with Gasteiger partial charge in [-0.2, -0.15) is 0 Å². The molecule has 0 aromatic heterocycles. The van der Waals surface area contributed by atoms with Crippen molar-refractivity contribution in [1.29, 1.82) is 0 Å². The fourth-order valence-corrected chi connectivity index (χ4v) is 1.62. The van der Waals surface area contributed by atoms with Crippen LogP contribution >= 0.6 is 23.2 Å². The van der Waals surface area contributed by atoms with E-state index in [1.165, 1.54) is 0 Å². The average Bonchev–Trinajstić information content (AvgIpc) is 2.17. The highest BCUT2D eigenvalue weighted by Crippen LogP contribution is 2.23. The number of nitrogens with one attached hydrogen (secondary N) is 1. The lowest BCUT2D eigenvalue weighted by molar-refractivity contribution is 0.0636. The summed E-state index contributed by atoms with van der Waals surface area (Å²) in [5.41, 5.74) is 0.834. The molecule has 5 heteroatoms. The van der Waals surface area contributed by atoms with Crippen LogP contribution in [-0.2, 0) is 10.6 Å². The summed E-state index contributed by atoms with van der Waals surface area (Å²) in [5, 5.41) is 3.22. The Kier molecular flexibility index (Phi) is 4.66. The number of carbonyl (C=O) groups is 1. The number of hydrogen-bond acceptors (Lipinski definition) is 2. The average molecular weight is 276 g/mol. The topological polar surface area (TPSA) is 38.3 Å². The minimum atomic E-state index is -0.530. The monoisotopic (exact) mass is 275 g/mol. The maximum Gasteiger partial charge on any atom is 0.412 e. The van der Waals surface area contributed by atoms with E-state index < -0.39 is 11.7 Å². The molecule has 1 N–H and O–H groups in total. The van der Waals surface area contributed by atoms with Gasteiger partial charge >= 0.3 is 6.09 Å². The molecule has 0 aliphatic carbocycles. The number of carbonyl (C=O) groups excluding carboxylic acids is 1. The molecule has 0 aliphatic heterocycles. The molecule has 94 valence electrons. The van der Waals surface area contributed by atoms with Crippen LogP contribution in [0, 0.1) is 0 Å². The van der Waals surface area contributed by atoms with Gasteiger partial charge in [0, 0.05) is 16.6 Å². The van der Waals surface area contributed by atoms with Crippen LogP contribution in [0.2, 0.25) is 5.02 Å². The van der Waals surface area contributed by atoms with E-state index in [4.69, 9.17) is 27.9 Å². The molecule has 0 bridgehead atoms. The first-order chi connectivity index (χ1) is 7.81. The lowest BCUT2D eigenvalue weighted by atomic mass is 10.2. The quantitative estimate of drug-likeness (QED) is 0.812. The Hall–Kier alpha value is -0.930. The summed E-state index contributed by atoms with van der Waals surface area (Å²) in [5.74, 6) is 0.270. The minimum Gasteiger partial charge on any atom is -0.444 e. The Labute approximate surface area is 111 Å². The van der Waals surface area contributed by atoms with Crippen molar-refractivity contribution in [2.45, 2.75) is 32.3 Å². The van der Waals surface area contributed by atoms with Gasteiger partial charge in [-0.25, -0.2) is 4.79 Å². The SMILES string of the molecule is CC(C)(C)OC(=O)Nc1ccc(Cl)cc1CCl. The number of alkyl halides is 1. The van der Waals surface area contributed by atoms with Crippen molar-refractivity contribution >= 4 is 35.0 Å². The van der Waals surface area contributed by atoms with E-state index in [1.54, 1.807) is 39.0 Å². The third-order valence-corrected chi connectivity index (χ3v) is 2.37. The molecule has 0 unspecified atom stereocenters. The summed E-state index contributed by atoms with van der Waals surface area (Å²) >= 11 is 11.6. The zero-order chi connectivity index (χ0) is 13.1. The van der Waals surface area contributed by atoms with Gasteiger partial charge in [-0.05, 0) is 44.5 Å². The summed E-state index contributed by atoms with van der Waals surface area (Å²) in [6.07, 6.45) is -0.508. The standard InChI is InChI=1S/C12H15Cl2NO2/c1-12(2,3)17-11(16)15-10-5-4-9(14)6-8(10)7-13/h4-6H,7H2,1-3H3,(H,15,16). The zero-order valence-corrected chi connectivity index (χ0v) is 11.5. The molecule has 17 heavy (non-hydrogen) atoms. The summed E-state index contributed by atoms with van der Waals surface area (Å²) in [4.78, 5) is 11.6. The molecule has 0 saturated heterocycles. The second kappa shape index (κ2) is 5.61.